The monoisotopic (exact) mass is 369 g/mol. The third-order valence-electron chi connectivity index (χ3n) is 3.33. The second-order valence-electron chi connectivity index (χ2n) is 5.23. The van der Waals surface area contributed by atoms with Crippen LogP contribution < -0.4 is 15.4 Å². The zero-order valence-electron chi connectivity index (χ0n) is 13.3. The summed E-state index contributed by atoms with van der Waals surface area (Å²) >= 11 is 11.2. The molecule has 2 N–H and O–H groups in total. The molecule has 2 aromatic carbocycles. The molecule has 0 amide bonds. The van der Waals surface area contributed by atoms with Crippen molar-refractivity contribution in [2.45, 2.75) is 6.54 Å². The molecule has 0 bridgehead atoms. The zero-order chi connectivity index (χ0) is 17.5. The first-order chi connectivity index (χ1) is 12.2. The molecule has 0 saturated heterocycles. The number of nitrogens with zero attached hydrogens (tertiary/aromatic N) is 1. The SMILES string of the molecule is S=C(NCc1ccc(Cl)cc1)Nc1ccc(Oc2ccccc2)nc1. The first-order valence-electron chi connectivity index (χ1n) is 7.67. The molecule has 3 rings (SSSR count). The van der Waals surface area contributed by atoms with E-state index < -0.39 is 0 Å². The minimum absolute atomic E-state index is 0.522. The highest BCUT2D eigenvalue weighted by Gasteiger charge is 2.01. The molecule has 0 radical (unpaired) electrons. The maximum atomic E-state index is 5.87. The van der Waals surface area contributed by atoms with Crippen molar-refractivity contribution >= 4 is 34.6 Å². The molecule has 1 aromatic heterocycles. The maximum Gasteiger partial charge on any atom is 0.219 e. The molecule has 0 unspecified atom stereocenters. The van der Waals surface area contributed by atoms with E-state index in [-0.39, 0.29) is 0 Å². The number of nitrogens with one attached hydrogen (secondary N) is 2. The van der Waals surface area contributed by atoms with Crippen LogP contribution in [0.2, 0.25) is 5.02 Å². The van der Waals surface area contributed by atoms with Crippen LogP contribution in [0.3, 0.4) is 0 Å². The van der Waals surface area contributed by atoms with E-state index in [0.717, 1.165) is 17.0 Å². The quantitative estimate of drug-likeness (QED) is 0.619. The lowest BCUT2D eigenvalue weighted by atomic mass is 10.2. The van der Waals surface area contributed by atoms with E-state index in [1.807, 2.05) is 60.7 Å². The van der Waals surface area contributed by atoms with Gasteiger partial charge in [0, 0.05) is 17.6 Å². The highest BCUT2D eigenvalue weighted by Crippen LogP contribution is 2.19. The molecule has 0 aliphatic heterocycles. The van der Waals surface area contributed by atoms with Crippen molar-refractivity contribution in [3.05, 3.63) is 83.5 Å². The van der Waals surface area contributed by atoms with Gasteiger partial charge < -0.3 is 15.4 Å². The topological polar surface area (TPSA) is 46.2 Å². The van der Waals surface area contributed by atoms with Gasteiger partial charge in [0.05, 0.1) is 11.9 Å². The van der Waals surface area contributed by atoms with Gasteiger partial charge in [-0.25, -0.2) is 4.98 Å². The summed E-state index contributed by atoms with van der Waals surface area (Å²) in [5, 5.41) is 7.47. The Balaban J connectivity index is 1.50. The van der Waals surface area contributed by atoms with Crippen LogP contribution in [-0.4, -0.2) is 10.1 Å². The Morgan fingerprint density at radius 1 is 1.00 bits per heavy atom. The molecule has 0 atom stereocenters. The summed E-state index contributed by atoms with van der Waals surface area (Å²) in [7, 11) is 0. The fourth-order valence-corrected chi connectivity index (χ4v) is 2.40. The number of halogens is 1. The van der Waals surface area contributed by atoms with Gasteiger partial charge in [0.25, 0.3) is 0 Å². The van der Waals surface area contributed by atoms with Gasteiger partial charge in [0.2, 0.25) is 5.88 Å². The number of hydrogen-bond donors (Lipinski definition) is 2. The summed E-state index contributed by atoms with van der Waals surface area (Å²) in [4.78, 5) is 4.27. The fraction of sp³-hybridized carbons (Fsp3) is 0.0526. The lowest BCUT2D eigenvalue weighted by molar-refractivity contribution is 0.463. The minimum atomic E-state index is 0.522. The first-order valence-corrected chi connectivity index (χ1v) is 8.46. The summed E-state index contributed by atoms with van der Waals surface area (Å²) in [6.45, 7) is 0.617. The van der Waals surface area contributed by atoms with Crippen molar-refractivity contribution in [3.8, 4) is 11.6 Å². The van der Waals surface area contributed by atoms with Gasteiger partial charge >= 0.3 is 0 Å². The molecule has 3 aromatic rings. The number of anilines is 1. The van der Waals surface area contributed by atoms with Crippen LogP contribution >= 0.6 is 23.8 Å². The molecular weight excluding hydrogens is 354 g/mol. The first kappa shape index (κ1) is 17.2. The van der Waals surface area contributed by atoms with E-state index in [4.69, 9.17) is 28.6 Å². The van der Waals surface area contributed by atoms with Crippen LogP contribution in [0.4, 0.5) is 5.69 Å². The van der Waals surface area contributed by atoms with E-state index in [9.17, 15) is 0 Å². The third kappa shape index (κ3) is 5.45. The van der Waals surface area contributed by atoms with Gasteiger partial charge in [-0.05, 0) is 48.1 Å². The van der Waals surface area contributed by atoms with Gasteiger partial charge in [0.15, 0.2) is 5.11 Å². The number of para-hydroxylation sites is 1. The summed E-state index contributed by atoms with van der Waals surface area (Å²) < 4.78 is 5.66. The van der Waals surface area contributed by atoms with Crippen LogP contribution in [0.15, 0.2) is 72.9 Å². The molecule has 0 fully saturated rings. The Kier molecular flexibility index (Phi) is 5.82. The van der Waals surface area contributed by atoms with E-state index in [1.54, 1.807) is 12.3 Å². The van der Waals surface area contributed by atoms with Crippen LogP contribution in [-0.2, 0) is 6.54 Å². The van der Waals surface area contributed by atoms with Gasteiger partial charge in [-0.1, -0.05) is 41.9 Å². The fourth-order valence-electron chi connectivity index (χ4n) is 2.08. The highest BCUT2D eigenvalue weighted by molar-refractivity contribution is 7.80. The minimum Gasteiger partial charge on any atom is -0.439 e. The van der Waals surface area contributed by atoms with Gasteiger partial charge in [0.1, 0.15) is 5.75 Å². The molecule has 126 valence electrons. The molecule has 0 aliphatic rings. The Morgan fingerprint density at radius 2 is 1.76 bits per heavy atom. The molecule has 0 aliphatic carbocycles. The highest BCUT2D eigenvalue weighted by atomic mass is 35.5. The second kappa shape index (κ2) is 8.46. The van der Waals surface area contributed by atoms with E-state index >= 15 is 0 Å². The van der Waals surface area contributed by atoms with E-state index in [2.05, 4.69) is 15.6 Å². The third-order valence-corrected chi connectivity index (χ3v) is 3.82. The molecule has 4 nitrogen and oxygen atoms in total. The number of hydrogen-bond acceptors (Lipinski definition) is 3. The second-order valence-corrected chi connectivity index (χ2v) is 6.08. The molecule has 1 heterocycles. The Hall–Kier alpha value is -2.63. The largest absolute Gasteiger partial charge is 0.439 e. The molecule has 0 saturated carbocycles. The van der Waals surface area contributed by atoms with Gasteiger partial charge in [-0.3, -0.25) is 0 Å². The van der Waals surface area contributed by atoms with Gasteiger partial charge in [-0.15, -0.1) is 0 Å². The van der Waals surface area contributed by atoms with Gasteiger partial charge in [-0.2, -0.15) is 0 Å². The van der Waals surface area contributed by atoms with E-state index in [0.29, 0.717) is 22.6 Å². The summed E-state index contributed by atoms with van der Waals surface area (Å²) in [5.74, 6) is 1.27. The van der Waals surface area contributed by atoms with Crippen molar-refractivity contribution in [1.29, 1.82) is 0 Å². The van der Waals surface area contributed by atoms with Crippen molar-refractivity contribution in [2.75, 3.05) is 5.32 Å². The standard InChI is InChI=1S/C19H16ClN3OS/c20-15-8-6-14(7-9-15)12-22-19(25)23-16-10-11-18(21-13-16)24-17-4-2-1-3-5-17/h1-11,13H,12H2,(H2,22,23,25). The summed E-state index contributed by atoms with van der Waals surface area (Å²) in [6.07, 6.45) is 1.68. The van der Waals surface area contributed by atoms with Crippen LogP contribution in [0, 0.1) is 0 Å². The number of pyridine rings is 1. The summed E-state index contributed by atoms with van der Waals surface area (Å²) in [5.41, 5.74) is 1.88. The number of aromatic nitrogens is 1. The summed E-state index contributed by atoms with van der Waals surface area (Å²) in [6, 6.07) is 20.8. The lowest BCUT2D eigenvalue weighted by Crippen LogP contribution is -2.27. The Labute approximate surface area is 156 Å². The normalized spacial score (nSPS) is 10.1. The maximum absolute atomic E-state index is 5.87. The average Bonchev–Trinajstić information content (AvgIpc) is 2.64. The predicted molar refractivity (Wildman–Crippen MR) is 105 cm³/mol. The predicted octanol–water partition coefficient (Wildman–Crippen LogP) is 5.01. The van der Waals surface area contributed by atoms with Crippen molar-refractivity contribution in [3.63, 3.8) is 0 Å². The number of rotatable bonds is 5. The molecule has 6 heteroatoms. The molecular formula is C19H16ClN3OS. The Bertz CT molecular complexity index is 824. The van der Waals surface area contributed by atoms with Crippen LogP contribution in [0.1, 0.15) is 5.56 Å². The number of thiocarbonyl (C=S) groups is 1. The molecule has 25 heavy (non-hydrogen) atoms. The Morgan fingerprint density at radius 3 is 2.44 bits per heavy atom. The number of benzene rings is 2. The van der Waals surface area contributed by atoms with Crippen molar-refractivity contribution in [2.24, 2.45) is 0 Å². The zero-order valence-corrected chi connectivity index (χ0v) is 14.8. The van der Waals surface area contributed by atoms with E-state index in [1.165, 1.54) is 0 Å². The van der Waals surface area contributed by atoms with Crippen molar-refractivity contribution < 1.29 is 4.74 Å². The van der Waals surface area contributed by atoms with Crippen LogP contribution in [0.25, 0.3) is 0 Å². The molecule has 0 spiro atoms. The average molecular weight is 370 g/mol. The van der Waals surface area contributed by atoms with Crippen molar-refractivity contribution in [1.82, 2.24) is 10.3 Å². The number of ether oxygens (including phenoxy) is 1. The smallest absolute Gasteiger partial charge is 0.219 e. The lowest BCUT2D eigenvalue weighted by Gasteiger charge is -2.11. The van der Waals surface area contributed by atoms with Crippen LogP contribution in [0.5, 0.6) is 11.6 Å².